The molecule has 37 heavy (non-hydrogen) atoms. The maximum Gasteiger partial charge on any atom is 0.251 e. The lowest BCUT2D eigenvalue weighted by atomic mass is 10.1. The van der Waals surface area contributed by atoms with Crippen molar-refractivity contribution < 1.29 is 13.2 Å². The third-order valence-electron chi connectivity index (χ3n) is 5.80. The molecule has 0 saturated heterocycles. The fourth-order valence-corrected chi connectivity index (χ4v) is 5.12. The summed E-state index contributed by atoms with van der Waals surface area (Å²) >= 11 is 0. The fraction of sp³-hybridized carbons (Fsp3) is 0.179. The minimum Gasteiger partial charge on any atom is -0.326 e. The van der Waals surface area contributed by atoms with Crippen LogP contribution in [0.15, 0.2) is 94.6 Å². The fourth-order valence-electron chi connectivity index (χ4n) is 3.89. The van der Waals surface area contributed by atoms with Crippen LogP contribution in [-0.4, -0.2) is 24.3 Å². The topological polar surface area (TPSA) is 121 Å². The normalized spacial score (nSPS) is 12.2. The summed E-state index contributed by atoms with van der Waals surface area (Å²) in [5.41, 5.74) is 3.37. The number of aromatic amines is 1. The lowest BCUT2D eigenvalue weighted by Crippen LogP contribution is -2.26. The molecule has 1 amide bonds. The molecule has 1 aromatic heterocycles. The number of amides is 1. The molecule has 1 heterocycles. The van der Waals surface area contributed by atoms with Crippen molar-refractivity contribution in [1.29, 1.82) is 0 Å². The van der Waals surface area contributed by atoms with E-state index < -0.39 is 10.0 Å². The van der Waals surface area contributed by atoms with Crippen molar-refractivity contribution in [1.82, 2.24) is 14.7 Å². The van der Waals surface area contributed by atoms with Gasteiger partial charge in [-0.05, 0) is 55.7 Å². The van der Waals surface area contributed by atoms with E-state index in [4.69, 9.17) is 0 Å². The summed E-state index contributed by atoms with van der Waals surface area (Å²) in [5.74, 6) is 0.252. The highest BCUT2D eigenvalue weighted by Gasteiger charge is 2.18. The molecule has 8 nitrogen and oxygen atoms in total. The van der Waals surface area contributed by atoms with Crippen LogP contribution in [0.2, 0.25) is 0 Å². The van der Waals surface area contributed by atoms with Crippen LogP contribution >= 0.6 is 0 Å². The summed E-state index contributed by atoms with van der Waals surface area (Å²) in [7, 11) is -3.69. The molecule has 190 valence electrons. The standard InChI is InChI=1S/C28H28N4O4S/c1-19-17-27(34)31-28(29-19)23-9-6-10-24(18-23)30-26(33)16-13-21-11-14-25(15-12-21)37(35,36)32-20(2)22-7-4-3-5-8-22/h3-12,14-15,17-18,20,32H,13,16H2,1-2H3,(H,30,33)(H,29,31,34). The van der Waals surface area contributed by atoms with Gasteiger partial charge in [-0.25, -0.2) is 18.1 Å². The molecule has 0 aliphatic carbocycles. The van der Waals surface area contributed by atoms with E-state index in [1.165, 1.54) is 6.07 Å². The van der Waals surface area contributed by atoms with E-state index in [2.05, 4.69) is 20.0 Å². The molecule has 0 saturated carbocycles. The van der Waals surface area contributed by atoms with Gasteiger partial charge in [0.25, 0.3) is 5.56 Å². The van der Waals surface area contributed by atoms with E-state index in [0.717, 1.165) is 11.1 Å². The van der Waals surface area contributed by atoms with Crippen LogP contribution in [0.3, 0.4) is 0 Å². The predicted molar refractivity (Wildman–Crippen MR) is 144 cm³/mol. The predicted octanol–water partition coefficient (Wildman–Crippen LogP) is 4.36. The van der Waals surface area contributed by atoms with Crippen molar-refractivity contribution in [3.05, 3.63) is 112 Å². The van der Waals surface area contributed by atoms with E-state index in [1.54, 1.807) is 62.4 Å². The first-order chi connectivity index (χ1) is 17.7. The van der Waals surface area contributed by atoms with E-state index >= 15 is 0 Å². The Morgan fingerprint density at radius 3 is 2.41 bits per heavy atom. The van der Waals surface area contributed by atoms with E-state index in [0.29, 0.717) is 29.2 Å². The quantitative estimate of drug-likeness (QED) is 0.305. The average Bonchev–Trinajstić information content (AvgIpc) is 2.87. The lowest BCUT2D eigenvalue weighted by molar-refractivity contribution is -0.116. The van der Waals surface area contributed by atoms with Gasteiger partial charge < -0.3 is 10.3 Å². The number of H-pyrrole nitrogens is 1. The number of nitrogens with one attached hydrogen (secondary N) is 3. The van der Waals surface area contributed by atoms with Gasteiger partial charge in [0.2, 0.25) is 15.9 Å². The second kappa shape index (κ2) is 11.3. The van der Waals surface area contributed by atoms with Gasteiger partial charge in [-0.1, -0.05) is 54.6 Å². The number of aryl methyl sites for hydroxylation is 2. The molecule has 4 aromatic rings. The Labute approximate surface area is 215 Å². The van der Waals surface area contributed by atoms with E-state index in [1.807, 2.05) is 30.3 Å². The highest BCUT2D eigenvalue weighted by atomic mass is 32.2. The zero-order valence-electron chi connectivity index (χ0n) is 20.6. The number of sulfonamides is 1. The molecule has 3 aromatic carbocycles. The third-order valence-corrected chi connectivity index (χ3v) is 7.35. The molecule has 0 fully saturated rings. The smallest absolute Gasteiger partial charge is 0.251 e. The highest BCUT2D eigenvalue weighted by Crippen LogP contribution is 2.20. The number of rotatable bonds is 9. The van der Waals surface area contributed by atoms with Crippen LogP contribution in [-0.2, 0) is 21.2 Å². The van der Waals surface area contributed by atoms with Gasteiger partial charge >= 0.3 is 0 Å². The maximum absolute atomic E-state index is 12.8. The molecule has 1 atom stereocenters. The van der Waals surface area contributed by atoms with Crippen molar-refractivity contribution in [3.63, 3.8) is 0 Å². The van der Waals surface area contributed by atoms with E-state index in [9.17, 15) is 18.0 Å². The summed E-state index contributed by atoms with van der Waals surface area (Å²) < 4.78 is 28.2. The summed E-state index contributed by atoms with van der Waals surface area (Å²) in [6, 6.07) is 24.0. The number of aromatic nitrogens is 2. The van der Waals surface area contributed by atoms with Gasteiger partial charge in [-0.2, -0.15) is 0 Å². The third kappa shape index (κ3) is 6.99. The summed E-state index contributed by atoms with van der Waals surface area (Å²) in [6.07, 6.45) is 0.672. The van der Waals surface area contributed by atoms with Gasteiger partial charge in [-0.3, -0.25) is 9.59 Å². The summed E-state index contributed by atoms with van der Waals surface area (Å²) in [5, 5.41) is 2.86. The SMILES string of the molecule is Cc1cc(=O)[nH]c(-c2cccc(NC(=O)CCc3ccc(S(=O)(=O)NC(C)c4ccccc4)cc3)c2)n1. The van der Waals surface area contributed by atoms with Crippen LogP contribution < -0.4 is 15.6 Å². The first-order valence-corrected chi connectivity index (χ1v) is 13.3. The number of hydrogen-bond acceptors (Lipinski definition) is 5. The van der Waals surface area contributed by atoms with Gasteiger partial charge in [0.1, 0.15) is 5.82 Å². The number of hydrogen-bond donors (Lipinski definition) is 3. The van der Waals surface area contributed by atoms with Crippen molar-refractivity contribution in [2.45, 2.75) is 37.6 Å². The minimum absolute atomic E-state index is 0.170. The van der Waals surface area contributed by atoms with Crippen molar-refractivity contribution in [3.8, 4) is 11.4 Å². The Morgan fingerprint density at radius 2 is 1.70 bits per heavy atom. The highest BCUT2D eigenvalue weighted by molar-refractivity contribution is 7.89. The lowest BCUT2D eigenvalue weighted by Gasteiger charge is -2.15. The van der Waals surface area contributed by atoms with Crippen molar-refractivity contribution >= 4 is 21.6 Å². The van der Waals surface area contributed by atoms with Crippen molar-refractivity contribution in [2.75, 3.05) is 5.32 Å². The average molecular weight is 517 g/mol. The largest absolute Gasteiger partial charge is 0.326 e. The molecule has 0 aliphatic heterocycles. The maximum atomic E-state index is 12.8. The Bertz CT molecular complexity index is 1550. The minimum atomic E-state index is -3.69. The first-order valence-electron chi connectivity index (χ1n) is 11.8. The number of carbonyl (C=O) groups excluding carboxylic acids is 1. The molecule has 0 aliphatic rings. The molecule has 3 N–H and O–H groups in total. The monoisotopic (exact) mass is 516 g/mol. The zero-order valence-corrected chi connectivity index (χ0v) is 21.4. The van der Waals surface area contributed by atoms with Crippen LogP contribution in [0.5, 0.6) is 0 Å². The first kappa shape index (κ1) is 26.0. The molecule has 1 unspecified atom stereocenters. The van der Waals surface area contributed by atoms with Crippen LogP contribution in [0.25, 0.3) is 11.4 Å². The van der Waals surface area contributed by atoms with Crippen molar-refractivity contribution in [2.24, 2.45) is 0 Å². The second-order valence-electron chi connectivity index (χ2n) is 8.76. The molecule has 0 radical (unpaired) electrons. The van der Waals surface area contributed by atoms with E-state index in [-0.39, 0.29) is 28.8 Å². The summed E-state index contributed by atoms with van der Waals surface area (Å²) in [6.45, 7) is 3.54. The molecule has 0 spiro atoms. The Hall–Kier alpha value is -4.08. The Morgan fingerprint density at radius 1 is 0.973 bits per heavy atom. The molecular weight excluding hydrogens is 488 g/mol. The number of nitrogens with zero attached hydrogens (tertiary/aromatic N) is 1. The number of anilines is 1. The second-order valence-corrected chi connectivity index (χ2v) is 10.5. The van der Waals surface area contributed by atoms with Gasteiger partial charge in [0, 0.05) is 35.5 Å². The number of benzene rings is 3. The molecule has 0 bridgehead atoms. The van der Waals surface area contributed by atoms with Crippen LogP contribution in [0, 0.1) is 6.92 Å². The Balaban J connectivity index is 1.34. The van der Waals surface area contributed by atoms with Gasteiger partial charge in [0.15, 0.2) is 0 Å². The molecular formula is C28H28N4O4S. The Kier molecular flexibility index (Phi) is 7.95. The zero-order chi connectivity index (χ0) is 26.4. The number of carbonyl (C=O) groups is 1. The van der Waals surface area contributed by atoms with Crippen LogP contribution in [0.4, 0.5) is 5.69 Å². The molecule has 9 heteroatoms. The summed E-state index contributed by atoms with van der Waals surface area (Å²) in [4.78, 5) is 31.5. The van der Waals surface area contributed by atoms with Gasteiger partial charge in [-0.15, -0.1) is 0 Å². The van der Waals surface area contributed by atoms with Crippen LogP contribution in [0.1, 0.15) is 36.2 Å². The molecule has 4 rings (SSSR count). The van der Waals surface area contributed by atoms with Gasteiger partial charge in [0.05, 0.1) is 4.90 Å².